The van der Waals surface area contributed by atoms with Gasteiger partial charge in [-0.25, -0.2) is 8.42 Å². The third-order valence-corrected chi connectivity index (χ3v) is 5.54. The van der Waals surface area contributed by atoms with Gasteiger partial charge >= 0.3 is 0 Å². The van der Waals surface area contributed by atoms with Gasteiger partial charge < -0.3 is 15.5 Å². The van der Waals surface area contributed by atoms with Gasteiger partial charge in [-0.3, -0.25) is 4.99 Å². The molecule has 27 heavy (non-hydrogen) atoms. The van der Waals surface area contributed by atoms with Crippen LogP contribution in [0, 0.1) is 5.92 Å². The van der Waals surface area contributed by atoms with Gasteiger partial charge in [-0.15, -0.1) is 24.0 Å². The molecule has 1 fully saturated rings. The maximum Gasteiger partial charge on any atom is 0.191 e. The molecule has 0 aliphatic carbocycles. The summed E-state index contributed by atoms with van der Waals surface area (Å²) in [5.41, 5.74) is 1.28. The van der Waals surface area contributed by atoms with Crippen LogP contribution in [-0.4, -0.2) is 58.6 Å². The van der Waals surface area contributed by atoms with Crippen molar-refractivity contribution in [2.24, 2.45) is 10.9 Å². The van der Waals surface area contributed by atoms with E-state index in [9.17, 15) is 8.42 Å². The van der Waals surface area contributed by atoms with Gasteiger partial charge in [-0.05, 0) is 44.7 Å². The van der Waals surface area contributed by atoms with Crippen molar-refractivity contribution in [3.8, 4) is 0 Å². The van der Waals surface area contributed by atoms with Gasteiger partial charge in [0.1, 0.15) is 9.84 Å². The molecule has 1 aliphatic heterocycles. The molecule has 0 spiro atoms. The second-order valence-electron chi connectivity index (χ2n) is 7.12. The number of nitrogens with one attached hydrogen (secondary N) is 2. The van der Waals surface area contributed by atoms with E-state index >= 15 is 0 Å². The number of guanidine groups is 1. The summed E-state index contributed by atoms with van der Waals surface area (Å²) in [5, 5.41) is 6.57. The third-order valence-electron chi connectivity index (χ3n) is 4.56. The van der Waals surface area contributed by atoms with Crippen LogP contribution in [0.1, 0.15) is 26.7 Å². The molecule has 0 amide bonds. The summed E-state index contributed by atoms with van der Waals surface area (Å²) in [6.07, 6.45) is 2.99. The highest BCUT2D eigenvalue weighted by Gasteiger charge is 2.22. The largest absolute Gasteiger partial charge is 0.371 e. The van der Waals surface area contributed by atoms with E-state index in [-0.39, 0.29) is 35.8 Å². The Morgan fingerprint density at radius 1 is 1.33 bits per heavy atom. The van der Waals surface area contributed by atoms with E-state index in [0.717, 1.165) is 38.6 Å². The van der Waals surface area contributed by atoms with Crippen LogP contribution < -0.4 is 15.5 Å². The Labute approximate surface area is 181 Å². The van der Waals surface area contributed by atoms with Crippen molar-refractivity contribution in [2.75, 3.05) is 43.1 Å². The van der Waals surface area contributed by atoms with Crippen molar-refractivity contribution in [1.82, 2.24) is 10.6 Å². The molecule has 1 aromatic carbocycles. The summed E-state index contributed by atoms with van der Waals surface area (Å²) in [7, 11) is -2.93. The number of sulfone groups is 1. The van der Waals surface area contributed by atoms with Crippen LogP contribution >= 0.6 is 24.0 Å². The number of para-hydroxylation sites is 1. The zero-order valence-corrected chi connectivity index (χ0v) is 19.7. The van der Waals surface area contributed by atoms with Crippen LogP contribution in [0.2, 0.25) is 0 Å². The molecule has 1 saturated heterocycles. The van der Waals surface area contributed by atoms with Gasteiger partial charge in [0.25, 0.3) is 0 Å². The molecule has 2 rings (SSSR count). The highest BCUT2D eigenvalue weighted by atomic mass is 127. The lowest BCUT2D eigenvalue weighted by atomic mass is 10.1. The second-order valence-corrected chi connectivity index (χ2v) is 9.38. The summed E-state index contributed by atoms with van der Waals surface area (Å²) in [6, 6.07) is 10.6. The molecule has 1 heterocycles. The standard InChI is InChI=1S/C19H32N4O2S.HI/c1-4-20-19(22-16(2)11-13-26(3,24)25)21-14-17-10-12-23(15-17)18-8-6-5-7-9-18;/h5-9,16-17H,4,10-15H2,1-3H3,(H2,20,21,22);1H. The van der Waals surface area contributed by atoms with Crippen molar-refractivity contribution in [3.63, 3.8) is 0 Å². The number of hydrogen-bond donors (Lipinski definition) is 2. The monoisotopic (exact) mass is 508 g/mol. The van der Waals surface area contributed by atoms with E-state index in [1.165, 1.54) is 11.9 Å². The van der Waals surface area contributed by atoms with Crippen LogP contribution in [0.3, 0.4) is 0 Å². The lowest BCUT2D eigenvalue weighted by molar-refractivity contribution is 0.574. The Morgan fingerprint density at radius 2 is 2.04 bits per heavy atom. The molecule has 8 heteroatoms. The SMILES string of the molecule is CCNC(=NCC1CCN(c2ccccc2)C1)NC(C)CCS(C)(=O)=O.I. The minimum Gasteiger partial charge on any atom is -0.371 e. The average Bonchev–Trinajstić information content (AvgIpc) is 3.07. The fourth-order valence-electron chi connectivity index (χ4n) is 3.09. The quantitative estimate of drug-likeness (QED) is 0.321. The number of benzene rings is 1. The van der Waals surface area contributed by atoms with Crippen LogP contribution in [0.4, 0.5) is 5.69 Å². The van der Waals surface area contributed by atoms with Crippen LogP contribution in [-0.2, 0) is 9.84 Å². The van der Waals surface area contributed by atoms with E-state index in [4.69, 9.17) is 4.99 Å². The third kappa shape index (κ3) is 9.14. The second kappa shape index (κ2) is 11.7. The van der Waals surface area contributed by atoms with Gasteiger partial charge in [0.05, 0.1) is 5.75 Å². The van der Waals surface area contributed by atoms with Crippen LogP contribution in [0.5, 0.6) is 0 Å². The number of aliphatic imine (C=N–C) groups is 1. The highest BCUT2D eigenvalue weighted by molar-refractivity contribution is 14.0. The highest BCUT2D eigenvalue weighted by Crippen LogP contribution is 2.23. The lowest BCUT2D eigenvalue weighted by Gasteiger charge is -2.19. The first-order chi connectivity index (χ1) is 12.4. The van der Waals surface area contributed by atoms with Crippen molar-refractivity contribution >= 4 is 45.5 Å². The Hall–Kier alpha value is -1.03. The maximum atomic E-state index is 11.3. The number of halogens is 1. The molecule has 154 valence electrons. The zero-order valence-electron chi connectivity index (χ0n) is 16.5. The predicted octanol–water partition coefficient (Wildman–Crippen LogP) is 2.51. The predicted molar refractivity (Wildman–Crippen MR) is 125 cm³/mol. The van der Waals surface area contributed by atoms with Gasteiger partial charge in [0.15, 0.2) is 5.96 Å². The molecule has 1 aliphatic rings. The van der Waals surface area contributed by atoms with Crippen molar-refractivity contribution < 1.29 is 8.42 Å². The van der Waals surface area contributed by atoms with Gasteiger partial charge in [-0.1, -0.05) is 18.2 Å². The molecular formula is C19H33IN4O2S. The van der Waals surface area contributed by atoms with Crippen LogP contribution in [0.15, 0.2) is 35.3 Å². The number of anilines is 1. The van der Waals surface area contributed by atoms with Crippen molar-refractivity contribution in [2.45, 2.75) is 32.7 Å². The molecular weight excluding hydrogens is 475 g/mol. The number of nitrogens with zero attached hydrogens (tertiary/aromatic N) is 2. The van der Waals surface area contributed by atoms with E-state index in [0.29, 0.717) is 12.3 Å². The zero-order chi connectivity index (χ0) is 19.0. The number of rotatable bonds is 8. The first-order valence-electron chi connectivity index (χ1n) is 9.40. The summed E-state index contributed by atoms with van der Waals surface area (Å²) < 4.78 is 22.6. The summed E-state index contributed by atoms with van der Waals surface area (Å²) in [6.45, 7) is 7.67. The van der Waals surface area contributed by atoms with Crippen LogP contribution in [0.25, 0.3) is 0 Å². The number of hydrogen-bond acceptors (Lipinski definition) is 4. The maximum absolute atomic E-state index is 11.3. The molecule has 0 aromatic heterocycles. The minimum absolute atomic E-state index is 0. The summed E-state index contributed by atoms with van der Waals surface area (Å²) in [5.74, 6) is 1.50. The van der Waals surface area contributed by atoms with Gasteiger partial charge in [0, 0.05) is 44.2 Å². The first-order valence-corrected chi connectivity index (χ1v) is 11.5. The minimum atomic E-state index is -2.93. The molecule has 0 saturated carbocycles. The summed E-state index contributed by atoms with van der Waals surface area (Å²) in [4.78, 5) is 7.14. The molecule has 2 N–H and O–H groups in total. The fraction of sp³-hybridized carbons (Fsp3) is 0.632. The Morgan fingerprint density at radius 3 is 2.67 bits per heavy atom. The molecule has 6 nitrogen and oxygen atoms in total. The topological polar surface area (TPSA) is 73.8 Å². The van der Waals surface area contributed by atoms with E-state index in [1.807, 2.05) is 19.9 Å². The molecule has 1 aromatic rings. The Kier molecular flexibility index (Phi) is 10.4. The normalized spacial score (nSPS) is 18.7. The summed E-state index contributed by atoms with van der Waals surface area (Å²) >= 11 is 0. The average molecular weight is 508 g/mol. The molecule has 2 atom stereocenters. The Bertz CT molecular complexity index is 682. The molecule has 0 bridgehead atoms. The van der Waals surface area contributed by atoms with Crippen molar-refractivity contribution in [1.29, 1.82) is 0 Å². The van der Waals surface area contributed by atoms with Crippen molar-refractivity contribution in [3.05, 3.63) is 30.3 Å². The van der Waals surface area contributed by atoms with Gasteiger partial charge in [0.2, 0.25) is 0 Å². The molecule has 2 unspecified atom stereocenters. The van der Waals surface area contributed by atoms with E-state index in [2.05, 4.69) is 39.8 Å². The van der Waals surface area contributed by atoms with E-state index in [1.54, 1.807) is 0 Å². The Balaban J connectivity index is 0.00000364. The molecule has 0 radical (unpaired) electrons. The first kappa shape index (κ1) is 24.0. The fourth-order valence-corrected chi connectivity index (χ4v) is 3.87. The van der Waals surface area contributed by atoms with Gasteiger partial charge in [-0.2, -0.15) is 0 Å². The smallest absolute Gasteiger partial charge is 0.191 e. The lowest BCUT2D eigenvalue weighted by Crippen LogP contribution is -2.43. The van der Waals surface area contributed by atoms with E-state index < -0.39 is 9.84 Å².